The second-order valence-corrected chi connectivity index (χ2v) is 17.3. The molecule has 0 fully saturated rings. The van der Waals surface area contributed by atoms with Crippen LogP contribution in [-0.2, 0) is 0 Å². The summed E-state index contributed by atoms with van der Waals surface area (Å²) in [6.45, 7) is 12.2. The van der Waals surface area contributed by atoms with Gasteiger partial charge in [0.25, 0.3) is 0 Å². The predicted molar refractivity (Wildman–Crippen MR) is 82.4 cm³/mol. The van der Waals surface area contributed by atoms with E-state index in [-0.39, 0.29) is 8.31 Å². The SMILES string of the molecule is CCCC[Si](CCCC)[Si](CC)(CC)CC. The van der Waals surface area contributed by atoms with E-state index in [0.717, 1.165) is 0 Å². The van der Waals surface area contributed by atoms with Crippen molar-refractivity contribution in [3.63, 3.8) is 0 Å². The van der Waals surface area contributed by atoms with Crippen molar-refractivity contribution in [2.75, 3.05) is 0 Å². The maximum Gasteiger partial charge on any atom is 0.0442 e. The average Bonchev–Trinajstić information content (AvgIpc) is 2.34. The van der Waals surface area contributed by atoms with Crippen molar-refractivity contribution in [1.29, 1.82) is 0 Å². The minimum atomic E-state index is -0.819. The standard InChI is InChI=1S/C14H33Si2/c1-6-11-13-15(14-12-7-2)16(8-3,9-4)10-5/h6-14H2,1-5H3. The van der Waals surface area contributed by atoms with Crippen molar-refractivity contribution in [3.05, 3.63) is 0 Å². The van der Waals surface area contributed by atoms with E-state index in [2.05, 4.69) is 34.6 Å². The largest absolute Gasteiger partial charge is 0.0680 e. The van der Waals surface area contributed by atoms with Gasteiger partial charge in [-0.2, -0.15) is 0 Å². The van der Waals surface area contributed by atoms with E-state index in [9.17, 15) is 0 Å². The zero-order chi connectivity index (χ0) is 12.4. The highest BCUT2D eigenvalue weighted by Gasteiger charge is 2.36. The molecule has 0 aromatic rings. The third-order valence-electron chi connectivity index (χ3n) is 4.44. The Balaban J connectivity index is 4.52. The summed E-state index contributed by atoms with van der Waals surface area (Å²) in [5.74, 6) is 0. The highest BCUT2D eigenvalue weighted by atomic mass is 29.2. The van der Waals surface area contributed by atoms with Gasteiger partial charge in [0.1, 0.15) is 0 Å². The fourth-order valence-corrected chi connectivity index (χ4v) is 17.5. The second kappa shape index (κ2) is 9.46. The van der Waals surface area contributed by atoms with E-state index >= 15 is 0 Å². The van der Waals surface area contributed by atoms with Crippen molar-refractivity contribution >= 4 is 15.9 Å². The van der Waals surface area contributed by atoms with E-state index in [1.54, 1.807) is 30.2 Å². The summed E-state index contributed by atoms with van der Waals surface area (Å²) in [6.07, 6.45) is 5.82. The molecule has 0 saturated carbocycles. The number of rotatable bonds is 10. The lowest BCUT2D eigenvalue weighted by Gasteiger charge is -2.36. The number of hydrogen-bond donors (Lipinski definition) is 0. The Labute approximate surface area is 107 Å². The summed E-state index contributed by atoms with van der Waals surface area (Å²) in [6, 6.07) is 7.93. The molecule has 0 amide bonds. The fourth-order valence-electron chi connectivity index (χ4n) is 2.94. The third kappa shape index (κ3) is 4.74. The number of unbranched alkanes of at least 4 members (excludes halogenated alkanes) is 2. The lowest BCUT2D eigenvalue weighted by Crippen LogP contribution is -2.49. The fraction of sp³-hybridized carbons (Fsp3) is 1.00. The lowest BCUT2D eigenvalue weighted by atomic mass is 10.4. The van der Waals surface area contributed by atoms with Gasteiger partial charge in [-0.1, -0.05) is 90.5 Å². The minimum Gasteiger partial charge on any atom is -0.0680 e. The predicted octanol–water partition coefficient (Wildman–Crippen LogP) is 5.67. The molecule has 2 heteroatoms. The quantitative estimate of drug-likeness (QED) is 0.442. The maximum atomic E-state index is 2.49. The molecule has 16 heavy (non-hydrogen) atoms. The summed E-state index contributed by atoms with van der Waals surface area (Å²) in [5.41, 5.74) is 0. The topological polar surface area (TPSA) is 0 Å². The van der Waals surface area contributed by atoms with Crippen molar-refractivity contribution in [3.8, 4) is 0 Å². The molecule has 1 radical (unpaired) electrons. The summed E-state index contributed by atoms with van der Waals surface area (Å²) in [4.78, 5) is 0. The maximum absolute atomic E-state index is 2.49. The first-order chi connectivity index (χ1) is 7.70. The molecule has 0 aliphatic carbocycles. The van der Waals surface area contributed by atoms with Crippen LogP contribution in [0.3, 0.4) is 0 Å². The van der Waals surface area contributed by atoms with Gasteiger partial charge < -0.3 is 0 Å². The first kappa shape index (κ1) is 16.4. The molecule has 0 heterocycles. The molecule has 97 valence electrons. The van der Waals surface area contributed by atoms with Crippen LogP contribution in [0.1, 0.15) is 60.3 Å². The summed E-state index contributed by atoms with van der Waals surface area (Å²) < 4.78 is 0. The van der Waals surface area contributed by atoms with Crippen molar-refractivity contribution in [1.82, 2.24) is 0 Å². The molecule has 0 atom stereocenters. The van der Waals surface area contributed by atoms with E-state index in [4.69, 9.17) is 0 Å². The van der Waals surface area contributed by atoms with Gasteiger partial charge in [-0.3, -0.25) is 0 Å². The Morgan fingerprint density at radius 2 is 1.06 bits per heavy atom. The molecule has 0 unspecified atom stereocenters. The monoisotopic (exact) mass is 257 g/mol. The van der Waals surface area contributed by atoms with Crippen LogP contribution in [0.2, 0.25) is 30.2 Å². The van der Waals surface area contributed by atoms with Gasteiger partial charge >= 0.3 is 0 Å². The Hall–Kier alpha value is 0.434. The molecular formula is C14H33Si2. The molecule has 0 spiro atoms. The van der Waals surface area contributed by atoms with E-state index in [0.29, 0.717) is 0 Å². The van der Waals surface area contributed by atoms with Crippen molar-refractivity contribution in [2.24, 2.45) is 0 Å². The molecule has 0 aromatic carbocycles. The van der Waals surface area contributed by atoms with Crippen LogP contribution in [0.4, 0.5) is 0 Å². The summed E-state index contributed by atoms with van der Waals surface area (Å²) in [7, 11) is -0.801. The van der Waals surface area contributed by atoms with Crippen molar-refractivity contribution < 1.29 is 0 Å². The third-order valence-corrected chi connectivity index (χ3v) is 21.1. The molecule has 0 nitrogen and oxygen atoms in total. The molecule has 0 saturated heterocycles. The van der Waals surface area contributed by atoms with Gasteiger partial charge in [0.05, 0.1) is 0 Å². The molecule has 0 aromatic heterocycles. The molecule has 0 aliphatic heterocycles. The normalized spacial score (nSPS) is 12.4. The second-order valence-electron chi connectivity index (χ2n) is 5.15. The summed E-state index contributed by atoms with van der Waals surface area (Å²) in [5, 5.41) is 0. The van der Waals surface area contributed by atoms with Gasteiger partial charge in [-0.05, 0) is 0 Å². The molecular weight excluding hydrogens is 224 g/mol. The van der Waals surface area contributed by atoms with Crippen molar-refractivity contribution in [2.45, 2.75) is 90.5 Å². The Morgan fingerprint density at radius 3 is 1.31 bits per heavy atom. The van der Waals surface area contributed by atoms with Crippen LogP contribution < -0.4 is 0 Å². The first-order valence-corrected chi connectivity index (χ1v) is 13.1. The van der Waals surface area contributed by atoms with E-state index < -0.39 is 7.59 Å². The molecule has 0 aliphatic rings. The highest BCUT2D eigenvalue weighted by molar-refractivity contribution is 7.33. The average molecular weight is 258 g/mol. The molecule has 0 bridgehead atoms. The van der Waals surface area contributed by atoms with Gasteiger partial charge in [-0.25, -0.2) is 0 Å². The Kier molecular flexibility index (Phi) is 9.72. The van der Waals surface area contributed by atoms with Gasteiger partial charge in [0.15, 0.2) is 0 Å². The highest BCUT2D eigenvalue weighted by Crippen LogP contribution is 2.29. The van der Waals surface area contributed by atoms with Gasteiger partial charge in [0, 0.05) is 15.9 Å². The van der Waals surface area contributed by atoms with Crippen LogP contribution in [0.15, 0.2) is 0 Å². The van der Waals surface area contributed by atoms with Crippen LogP contribution >= 0.6 is 0 Å². The summed E-state index contributed by atoms with van der Waals surface area (Å²) >= 11 is 0. The van der Waals surface area contributed by atoms with E-state index in [1.807, 2.05) is 0 Å². The van der Waals surface area contributed by atoms with Crippen LogP contribution in [0.25, 0.3) is 0 Å². The van der Waals surface area contributed by atoms with Gasteiger partial charge in [-0.15, -0.1) is 0 Å². The van der Waals surface area contributed by atoms with Gasteiger partial charge in [0.2, 0.25) is 0 Å². The molecule has 0 rings (SSSR count). The van der Waals surface area contributed by atoms with Crippen LogP contribution in [-0.4, -0.2) is 15.9 Å². The zero-order valence-electron chi connectivity index (χ0n) is 12.4. The Bertz CT molecular complexity index is 137. The van der Waals surface area contributed by atoms with Crippen LogP contribution in [0, 0.1) is 0 Å². The smallest absolute Gasteiger partial charge is 0.0442 e. The number of hydrogen-bond acceptors (Lipinski definition) is 0. The zero-order valence-corrected chi connectivity index (χ0v) is 14.4. The first-order valence-electron chi connectivity index (χ1n) is 7.55. The molecule has 0 N–H and O–H groups in total. The Morgan fingerprint density at radius 1 is 0.688 bits per heavy atom. The van der Waals surface area contributed by atoms with Crippen LogP contribution in [0.5, 0.6) is 0 Å². The van der Waals surface area contributed by atoms with E-state index in [1.165, 1.54) is 25.7 Å². The minimum absolute atomic E-state index is 0.0188. The lowest BCUT2D eigenvalue weighted by molar-refractivity contribution is 0.845.